The molecule has 4 nitrogen and oxygen atoms in total. The molecule has 0 amide bonds. The maximum absolute atomic E-state index is 12.4. The normalized spacial score (nSPS) is 14.0. The Morgan fingerprint density at radius 3 is 2.81 bits per heavy atom. The number of hydrogen-bond acceptors (Lipinski definition) is 5. The van der Waals surface area contributed by atoms with E-state index in [0.29, 0.717) is 11.1 Å². The van der Waals surface area contributed by atoms with Crippen LogP contribution in [0.2, 0.25) is 0 Å². The summed E-state index contributed by atoms with van der Waals surface area (Å²) in [6, 6.07) is 2.14. The molecule has 0 radical (unpaired) electrons. The van der Waals surface area contributed by atoms with Crippen molar-refractivity contribution in [3.63, 3.8) is 0 Å². The molecule has 2 atom stereocenters. The number of nitrogens with one attached hydrogen (secondary N) is 1. The third-order valence-electron chi connectivity index (χ3n) is 3.56. The van der Waals surface area contributed by atoms with Gasteiger partial charge in [0, 0.05) is 4.88 Å². The van der Waals surface area contributed by atoms with Crippen LogP contribution in [0.15, 0.2) is 9.95 Å². The summed E-state index contributed by atoms with van der Waals surface area (Å²) in [4.78, 5) is 21.7. The van der Waals surface area contributed by atoms with Crippen molar-refractivity contribution in [3.8, 4) is 6.07 Å². The summed E-state index contributed by atoms with van der Waals surface area (Å²) in [6.07, 6.45) is 2.00. The molecule has 0 fully saturated rings. The number of aryl methyl sites for hydroxylation is 1. The highest BCUT2D eigenvalue weighted by Crippen LogP contribution is 2.31. The number of H-pyrrole nitrogens is 1. The van der Waals surface area contributed by atoms with Crippen LogP contribution in [0.25, 0.3) is 10.2 Å². The fraction of sp³-hybridized carbons (Fsp3) is 0.533. The van der Waals surface area contributed by atoms with Crippen molar-refractivity contribution >= 4 is 33.3 Å². The summed E-state index contributed by atoms with van der Waals surface area (Å²) >= 11 is 2.85. The summed E-state index contributed by atoms with van der Waals surface area (Å²) in [5.41, 5.74) is 1.04. The Hall–Kier alpha value is -1.32. The zero-order chi connectivity index (χ0) is 15.6. The smallest absolute Gasteiger partial charge is 0.260 e. The maximum atomic E-state index is 12.4. The molecule has 0 bridgehead atoms. The second kappa shape index (κ2) is 6.63. The number of nitriles is 1. The van der Waals surface area contributed by atoms with E-state index in [1.54, 1.807) is 18.3 Å². The van der Waals surface area contributed by atoms with Crippen LogP contribution < -0.4 is 5.56 Å². The van der Waals surface area contributed by atoms with E-state index >= 15 is 0 Å². The van der Waals surface area contributed by atoms with Crippen LogP contribution >= 0.6 is 23.1 Å². The van der Waals surface area contributed by atoms with E-state index < -0.39 is 0 Å². The first-order chi connectivity index (χ1) is 9.96. The van der Waals surface area contributed by atoms with E-state index in [2.05, 4.69) is 29.9 Å². The van der Waals surface area contributed by atoms with Crippen molar-refractivity contribution in [2.45, 2.75) is 50.9 Å². The van der Waals surface area contributed by atoms with Gasteiger partial charge in [0.25, 0.3) is 5.56 Å². The van der Waals surface area contributed by atoms with Gasteiger partial charge in [-0.1, -0.05) is 32.0 Å². The first kappa shape index (κ1) is 16.1. The molecule has 0 unspecified atom stereocenters. The number of thioether (sulfide) groups is 1. The van der Waals surface area contributed by atoms with Gasteiger partial charge >= 0.3 is 0 Å². The molecule has 112 valence electrons. The van der Waals surface area contributed by atoms with Gasteiger partial charge in [-0.15, -0.1) is 11.3 Å². The second-order valence-corrected chi connectivity index (χ2v) is 7.83. The van der Waals surface area contributed by atoms with E-state index in [-0.39, 0.29) is 10.8 Å². The lowest BCUT2D eigenvalue weighted by atomic mass is 9.98. The van der Waals surface area contributed by atoms with Gasteiger partial charge in [0.1, 0.15) is 4.83 Å². The summed E-state index contributed by atoms with van der Waals surface area (Å²) in [6.45, 7) is 8.20. The van der Waals surface area contributed by atoms with Gasteiger partial charge in [0.2, 0.25) is 0 Å². The Bertz CT molecular complexity index is 742. The zero-order valence-corrected chi connectivity index (χ0v) is 14.3. The van der Waals surface area contributed by atoms with E-state index in [9.17, 15) is 4.79 Å². The molecule has 0 saturated carbocycles. The minimum atomic E-state index is -0.230. The highest BCUT2D eigenvalue weighted by molar-refractivity contribution is 8.00. The highest BCUT2D eigenvalue weighted by Gasteiger charge is 2.17. The van der Waals surface area contributed by atoms with E-state index in [1.807, 2.05) is 6.92 Å². The predicted molar refractivity (Wildman–Crippen MR) is 89.1 cm³/mol. The molecule has 0 aliphatic carbocycles. The molecule has 21 heavy (non-hydrogen) atoms. The number of thiophene rings is 1. The molecule has 0 saturated heterocycles. The summed E-state index contributed by atoms with van der Waals surface area (Å²) in [7, 11) is 0. The Morgan fingerprint density at radius 2 is 2.19 bits per heavy atom. The monoisotopic (exact) mass is 321 g/mol. The molecule has 2 rings (SSSR count). The minimum Gasteiger partial charge on any atom is -0.301 e. The molecule has 2 heterocycles. The van der Waals surface area contributed by atoms with Crippen LogP contribution in [0.5, 0.6) is 0 Å². The zero-order valence-electron chi connectivity index (χ0n) is 12.7. The predicted octanol–water partition coefficient (Wildman–Crippen LogP) is 3.89. The van der Waals surface area contributed by atoms with Crippen LogP contribution in [0.4, 0.5) is 0 Å². The van der Waals surface area contributed by atoms with E-state index in [1.165, 1.54) is 16.6 Å². The fourth-order valence-electron chi connectivity index (χ4n) is 2.14. The van der Waals surface area contributed by atoms with Crippen molar-refractivity contribution in [1.29, 1.82) is 5.26 Å². The Labute approximate surface area is 132 Å². The first-order valence-electron chi connectivity index (χ1n) is 7.04. The molecule has 0 aliphatic rings. The molecule has 0 aromatic carbocycles. The largest absolute Gasteiger partial charge is 0.301 e. The molecule has 6 heteroatoms. The van der Waals surface area contributed by atoms with Crippen molar-refractivity contribution in [2.24, 2.45) is 5.92 Å². The van der Waals surface area contributed by atoms with Gasteiger partial charge in [0.05, 0.1) is 16.7 Å². The third-order valence-corrected chi connectivity index (χ3v) is 5.48. The Balaban J connectivity index is 2.49. The lowest BCUT2D eigenvalue weighted by Gasteiger charge is -2.08. The average Bonchev–Trinajstić information content (AvgIpc) is 2.74. The summed E-state index contributed by atoms with van der Waals surface area (Å²) in [5, 5.41) is 9.89. The van der Waals surface area contributed by atoms with Crippen LogP contribution in [0, 0.1) is 24.2 Å². The number of rotatable bonds is 5. The minimum absolute atomic E-state index is 0.0877. The standard InChI is InChI=1S/C15H19N3OS2/c1-5-8(2)6-11-10(4)21-14-12(11)13(19)17-15(18-14)20-9(3)7-16/h8-9H,5-6H2,1-4H3,(H,17,18,19)/t8-,9+/m0/s1. The highest BCUT2D eigenvalue weighted by atomic mass is 32.2. The number of nitrogens with zero attached hydrogens (tertiary/aromatic N) is 2. The molecular formula is C15H19N3OS2. The lowest BCUT2D eigenvalue weighted by molar-refractivity contribution is 0.561. The SMILES string of the molecule is CC[C@H](C)Cc1c(C)sc2nc(S[C@H](C)C#N)[nH]c(=O)c12. The van der Waals surface area contributed by atoms with Crippen LogP contribution in [0.3, 0.4) is 0 Å². The summed E-state index contributed by atoms with van der Waals surface area (Å²) in [5.74, 6) is 0.550. The van der Waals surface area contributed by atoms with Gasteiger partial charge < -0.3 is 4.98 Å². The molecule has 2 aromatic heterocycles. The van der Waals surface area contributed by atoms with Gasteiger partial charge in [0.15, 0.2) is 5.16 Å². The molecule has 0 aliphatic heterocycles. The topological polar surface area (TPSA) is 69.5 Å². The quantitative estimate of drug-likeness (QED) is 0.670. The lowest BCUT2D eigenvalue weighted by Crippen LogP contribution is -2.11. The number of aromatic nitrogens is 2. The van der Waals surface area contributed by atoms with Gasteiger partial charge in [-0.05, 0) is 31.7 Å². The van der Waals surface area contributed by atoms with Gasteiger partial charge in [-0.2, -0.15) is 5.26 Å². The van der Waals surface area contributed by atoms with Crippen molar-refractivity contribution in [1.82, 2.24) is 9.97 Å². The fourth-order valence-corrected chi connectivity index (χ4v) is 3.94. The first-order valence-corrected chi connectivity index (χ1v) is 8.74. The maximum Gasteiger partial charge on any atom is 0.260 e. The van der Waals surface area contributed by atoms with Crippen molar-refractivity contribution in [2.75, 3.05) is 0 Å². The molecule has 1 N–H and O–H groups in total. The average molecular weight is 321 g/mol. The second-order valence-electron chi connectivity index (χ2n) is 5.29. The number of aromatic amines is 1. The Kier molecular flexibility index (Phi) is 5.07. The molecule has 0 spiro atoms. The third kappa shape index (κ3) is 3.47. The van der Waals surface area contributed by atoms with Crippen LogP contribution in [-0.4, -0.2) is 15.2 Å². The van der Waals surface area contributed by atoms with E-state index in [4.69, 9.17) is 5.26 Å². The summed E-state index contributed by atoms with van der Waals surface area (Å²) < 4.78 is 0. The molecule has 2 aromatic rings. The van der Waals surface area contributed by atoms with Crippen molar-refractivity contribution in [3.05, 3.63) is 20.8 Å². The van der Waals surface area contributed by atoms with Gasteiger partial charge in [-0.3, -0.25) is 4.79 Å². The number of fused-ring (bicyclic) bond motifs is 1. The van der Waals surface area contributed by atoms with E-state index in [0.717, 1.165) is 28.6 Å². The van der Waals surface area contributed by atoms with Gasteiger partial charge in [-0.25, -0.2) is 4.98 Å². The van der Waals surface area contributed by atoms with Crippen molar-refractivity contribution < 1.29 is 0 Å². The Morgan fingerprint density at radius 1 is 1.48 bits per heavy atom. The molecular weight excluding hydrogens is 302 g/mol. The van der Waals surface area contributed by atoms with Crippen LogP contribution in [0.1, 0.15) is 37.6 Å². The van der Waals surface area contributed by atoms with Crippen LogP contribution in [-0.2, 0) is 6.42 Å². The number of hydrogen-bond donors (Lipinski definition) is 1.